The number of benzene rings is 2. The summed E-state index contributed by atoms with van der Waals surface area (Å²) < 4.78 is 7.11. The fraction of sp³-hybridized carbons (Fsp3) is 0.200. The van der Waals surface area contributed by atoms with Gasteiger partial charge in [-0.25, -0.2) is 4.98 Å². The van der Waals surface area contributed by atoms with E-state index in [4.69, 9.17) is 9.72 Å². The summed E-state index contributed by atoms with van der Waals surface area (Å²) >= 11 is 0. The first-order valence-corrected chi connectivity index (χ1v) is 10.2. The summed E-state index contributed by atoms with van der Waals surface area (Å²) in [5, 5.41) is 17.7. The molecule has 2 aromatic carbocycles. The Morgan fingerprint density at radius 2 is 1.88 bits per heavy atom. The van der Waals surface area contributed by atoms with Gasteiger partial charge < -0.3 is 10.1 Å². The summed E-state index contributed by atoms with van der Waals surface area (Å²) in [7, 11) is 0. The number of nitriles is 1. The maximum Gasteiger partial charge on any atom is 0.263 e. The monoisotopic (exact) mass is 425 g/mol. The van der Waals surface area contributed by atoms with Crippen molar-refractivity contribution in [3.05, 3.63) is 76.5 Å². The van der Waals surface area contributed by atoms with E-state index in [0.717, 1.165) is 27.6 Å². The second kappa shape index (κ2) is 8.52. The number of hydrogen-bond acceptors (Lipinski definition) is 5. The summed E-state index contributed by atoms with van der Waals surface area (Å²) in [5.74, 6) is 1.03. The number of para-hydroxylation sites is 1. The maximum absolute atomic E-state index is 12.6. The van der Waals surface area contributed by atoms with Crippen molar-refractivity contribution in [1.82, 2.24) is 14.8 Å². The van der Waals surface area contributed by atoms with Crippen molar-refractivity contribution < 1.29 is 9.53 Å². The Kier molecular flexibility index (Phi) is 5.61. The van der Waals surface area contributed by atoms with Crippen molar-refractivity contribution >= 4 is 22.6 Å². The van der Waals surface area contributed by atoms with E-state index in [1.807, 2.05) is 45.0 Å². The van der Waals surface area contributed by atoms with Crippen molar-refractivity contribution in [1.29, 1.82) is 5.26 Å². The van der Waals surface area contributed by atoms with Crippen LogP contribution in [0.3, 0.4) is 0 Å². The van der Waals surface area contributed by atoms with Crippen molar-refractivity contribution in [2.24, 2.45) is 0 Å². The zero-order valence-corrected chi connectivity index (χ0v) is 18.4. The van der Waals surface area contributed by atoms with Crippen LogP contribution in [0, 0.1) is 39.0 Å². The lowest BCUT2D eigenvalue weighted by molar-refractivity contribution is -0.118. The second-order valence-electron chi connectivity index (χ2n) is 7.81. The molecular weight excluding hydrogens is 402 g/mol. The minimum Gasteiger partial charge on any atom is -0.483 e. The average molecular weight is 425 g/mol. The van der Waals surface area contributed by atoms with E-state index < -0.39 is 5.91 Å². The fourth-order valence-corrected chi connectivity index (χ4v) is 3.69. The third-order valence-corrected chi connectivity index (χ3v) is 5.26. The molecule has 0 saturated heterocycles. The van der Waals surface area contributed by atoms with Crippen LogP contribution in [-0.4, -0.2) is 27.3 Å². The predicted octanol–water partition coefficient (Wildman–Crippen LogP) is 4.54. The summed E-state index contributed by atoms with van der Waals surface area (Å²) in [6, 6.07) is 15.6. The number of aromatic nitrogens is 3. The Morgan fingerprint density at radius 1 is 1.09 bits per heavy atom. The van der Waals surface area contributed by atoms with Gasteiger partial charge in [-0.15, -0.1) is 0 Å². The van der Waals surface area contributed by atoms with Crippen molar-refractivity contribution in [3.8, 4) is 17.6 Å². The molecule has 4 aromatic rings. The molecule has 0 spiro atoms. The van der Waals surface area contributed by atoms with E-state index in [1.54, 1.807) is 6.07 Å². The van der Waals surface area contributed by atoms with Crippen LogP contribution in [0.2, 0.25) is 0 Å². The first-order chi connectivity index (χ1) is 15.4. The highest BCUT2D eigenvalue weighted by Gasteiger charge is 2.18. The Labute approximate surface area is 186 Å². The normalized spacial score (nSPS) is 10.7. The average Bonchev–Trinajstić information content (AvgIpc) is 3.16. The summed E-state index contributed by atoms with van der Waals surface area (Å²) in [6.07, 6.45) is 1.42. The van der Waals surface area contributed by atoms with Crippen LogP contribution < -0.4 is 10.1 Å². The van der Waals surface area contributed by atoms with Gasteiger partial charge in [0.05, 0.1) is 11.7 Å². The van der Waals surface area contributed by atoms with Crippen LogP contribution >= 0.6 is 0 Å². The number of carbonyl (C=O) groups excluding carboxylic acids is 1. The molecule has 7 nitrogen and oxygen atoms in total. The standard InChI is InChI=1S/C25H23N5O2/c1-15-9-18(4)24-20(10-15)17(3)11-22(28-24)30-25(19(12-26)13-27-30)29-23(31)14-32-21-8-6-5-7-16(21)2/h5-11,13H,14H2,1-4H3,(H,29,31). The number of ether oxygens (including phenoxy) is 1. The molecule has 0 unspecified atom stereocenters. The number of aryl methyl sites for hydroxylation is 4. The molecule has 0 aliphatic rings. The number of rotatable bonds is 5. The number of amides is 1. The number of hydrogen-bond donors (Lipinski definition) is 1. The van der Waals surface area contributed by atoms with Crippen molar-refractivity contribution in [3.63, 3.8) is 0 Å². The number of nitrogens with one attached hydrogen (secondary N) is 1. The minimum absolute atomic E-state index is 0.191. The second-order valence-corrected chi connectivity index (χ2v) is 7.81. The van der Waals surface area contributed by atoms with Gasteiger partial charge in [-0.3, -0.25) is 4.79 Å². The van der Waals surface area contributed by atoms with Crippen molar-refractivity contribution in [2.45, 2.75) is 27.7 Å². The molecule has 0 aliphatic carbocycles. The number of fused-ring (bicyclic) bond motifs is 1. The highest BCUT2D eigenvalue weighted by molar-refractivity contribution is 5.93. The highest BCUT2D eigenvalue weighted by atomic mass is 16.5. The van der Waals surface area contributed by atoms with E-state index in [2.05, 4.69) is 35.5 Å². The van der Waals surface area contributed by atoms with Gasteiger partial charge in [-0.1, -0.05) is 29.8 Å². The van der Waals surface area contributed by atoms with Crippen LogP contribution in [0.1, 0.15) is 27.8 Å². The lowest BCUT2D eigenvalue weighted by atomic mass is 10.0. The van der Waals surface area contributed by atoms with Gasteiger partial charge in [0.25, 0.3) is 5.91 Å². The van der Waals surface area contributed by atoms with Gasteiger partial charge in [-0.05, 0) is 62.6 Å². The Balaban J connectivity index is 1.66. The highest BCUT2D eigenvalue weighted by Crippen LogP contribution is 2.26. The third-order valence-electron chi connectivity index (χ3n) is 5.26. The molecule has 0 aliphatic heterocycles. The third kappa shape index (κ3) is 4.03. The van der Waals surface area contributed by atoms with Gasteiger partial charge >= 0.3 is 0 Å². The molecule has 32 heavy (non-hydrogen) atoms. The van der Waals surface area contributed by atoms with E-state index in [9.17, 15) is 10.1 Å². The van der Waals surface area contributed by atoms with Crippen molar-refractivity contribution in [2.75, 3.05) is 11.9 Å². The first-order valence-electron chi connectivity index (χ1n) is 10.2. The number of pyridine rings is 1. The zero-order chi connectivity index (χ0) is 22.8. The first kappa shape index (κ1) is 21.1. The maximum atomic E-state index is 12.6. The van der Waals surface area contributed by atoms with Gasteiger partial charge in [0.2, 0.25) is 0 Å². The number of anilines is 1. The molecular formula is C25H23N5O2. The molecule has 1 amide bonds. The SMILES string of the molecule is Cc1cc(C)c2nc(-n3ncc(C#N)c3NC(=O)COc3ccccc3C)cc(C)c2c1. The largest absolute Gasteiger partial charge is 0.483 e. The van der Waals surface area contributed by atoms with Gasteiger partial charge in [0.1, 0.15) is 17.4 Å². The molecule has 0 fully saturated rings. The smallest absolute Gasteiger partial charge is 0.263 e. The van der Waals surface area contributed by atoms with E-state index in [-0.39, 0.29) is 18.0 Å². The lowest BCUT2D eigenvalue weighted by Gasteiger charge is -2.13. The van der Waals surface area contributed by atoms with Gasteiger partial charge in [0, 0.05) is 5.39 Å². The molecule has 160 valence electrons. The van der Waals surface area contributed by atoms with Crippen LogP contribution in [0.4, 0.5) is 5.82 Å². The molecule has 0 radical (unpaired) electrons. The Hall–Kier alpha value is -4.18. The molecule has 7 heteroatoms. The van der Waals surface area contributed by atoms with Gasteiger partial charge in [0.15, 0.2) is 18.2 Å². The molecule has 0 atom stereocenters. The topological polar surface area (TPSA) is 92.8 Å². The zero-order valence-electron chi connectivity index (χ0n) is 18.4. The fourth-order valence-electron chi connectivity index (χ4n) is 3.69. The van der Waals surface area contributed by atoms with Gasteiger partial charge in [-0.2, -0.15) is 15.0 Å². The number of carbonyl (C=O) groups is 1. The molecule has 1 N–H and O–H groups in total. The van der Waals surface area contributed by atoms with Crippen LogP contribution in [0.25, 0.3) is 16.7 Å². The molecule has 2 heterocycles. The van der Waals surface area contributed by atoms with Crippen LogP contribution in [0.15, 0.2) is 48.7 Å². The summed E-state index contributed by atoms with van der Waals surface area (Å²) in [4.78, 5) is 17.4. The molecule has 2 aromatic heterocycles. The minimum atomic E-state index is -0.393. The summed E-state index contributed by atoms with van der Waals surface area (Å²) in [6.45, 7) is 7.80. The Morgan fingerprint density at radius 3 is 2.62 bits per heavy atom. The Bertz CT molecular complexity index is 1380. The van der Waals surface area contributed by atoms with E-state index >= 15 is 0 Å². The quantitative estimate of drug-likeness (QED) is 0.507. The van der Waals surface area contributed by atoms with Crippen LogP contribution in [0.5, 0.6) is 5.75 Å². The van der Waals surface area contributed by atoms with Crippen LogP contribution in [-0.2, 0) is 4.79 Å². The van der Waals surface area contributed by atoms with E-state index in [0.29, 0.717) is 11.6 Å². The molecule has 0 saturated carbocycles. The number of nitrogens with zero attached hydrogens (tertiary/aromatic N) is 4. The molecule has 0 bridgehead atoms. The van der Waals surface area contributed by atoms with E-state index in [1.165, 1.54) is 16.4 Å². The molecule has 4 rings (SSSR count). The lowest BCUT2D eigenvalue weighted by Crippen LogP contribution is -2.22. The summed E-state index contributed by atoms with van der Waals surface area (Å²) in [5.41, 5.74) is 5.29. The predicted molar refractivity (Wildman–Crippen MR) is 123 cm³/mol.